The van der Waals surface area contributed by atoms with Crippen LogP contribution in [-0.4, -0.2) is 5.78 Å². The highest BCUT2D eigenvalue weighted by Crippen LogP contribution is 2.60. The van der Waals surface area contributed by atoms with Crippen molar-refractivity contribution >= 4 is 5.78 Å². The Hall–Kier alpha value is -0.590. The molecule has 4 rings (SSSR count). The van der Waals surface area contributed by atoms with Crippen LogP contribution >= 0.6 is 0 Å². The van der Waals surface area contributed by atoms with Crippen molar-refractivity contribution in [2.45, 2.75) is 38.5 Å². The molecule has 0 aromatic carbocycles. The molecule has 0 N–H and O–H groups in total. The van der Waals surface area contributed by atoms with E-state index in [2.05, 4.69) is 12.2 Å². The van der Waals surface area contributed by atoms with E-state index in [0.29, 0.717) is 17.6 Å². The van der Waals surface area contributed by atoms with Crippen molar-refractivity contribution in [2.75, 3.05) is 0 Å². The molecular formula is C15H20O. The summed E-state index contributed by atoms with van der Waals surface area (Å²) in [5, 5.41) is 0. The monoisotopic (exact) mass is 216 g/mol. The van der Waals surface area contributed by atoms with E-state index in [1.807, 2.05) is 0 Å². The predicted octanol–water partition coefficient (Wildman–Crippen LogP) is 3.20. The van der Waals surface area contributed by atoms with Crippen molar-refractivity contribution in [1.82, 2.24) is 0 Å². The second kappa shape index (κ2) is 3.21. The van der Waals surface area contributed by atoms with Crippen molar-refractivity contribution < 1.29 is 4.79 Å². The summed E-state index contributed by atoms with van der Waals surface area (Å²) in [6, 6.07) is 0. The predicted molar refractivity (Wildman–Crippen MR) is 62.8 cm³/mol. The van der Waals surface area contributed by atoms with Crippen molar-refractivity contribution in [3.63, 3.8) is 0 Å². The number of ketones is 1. The molecule has 86 valence electrons. The van der Waals surface area contributed by atoms with Gasteiger partial charge in [-0.3, -0.25) is 4.79 Å². The van der Waals surface area contributed by atoms with Gasteiger partial charge in [-0.25, -0.2) is 0 Å². The maximum Gasteiger partial charge on any atom is 0.136 e. The molecular weight excluding hydrogens is 196 g/mol. The van der Waals surface area contributed by atoms with Gasteiger partial charge in [-0.05, 0) is 61.7 Å². The molecule has 1 heteroatoms. The first-order valence-electron chi connectivity index (χ1n) is 7.04. The Labute approximate surface area is 97.3 Å². The van der Waals surface area contributed by atoms with E-state index < -0.39 is 0 Å². The lowest BCUT2D eigenvalue weighted by Crippen LogP contribution is -2.43. The SMILES string of the molecule is O=C1C[C@@H]2CCC=C[C@@H]2[C@@H]2[C@@H]3CC[C@@H](C3)[C@H]12. The highest BCUT2D eigenvalue weighted by Gasteiger charge is 2.56. The highest BCUT2D eigenvalue weighted by molar-refractivity contribution is 5.83. The van der Waals surface area contributed by atoms with Crippen LogP contribution in [0.1, 0.15) is 38.5 Å². The number of hydrogen-bond donors (Lipinski definition) is 0. The Morgan fingerprint density at radius 2 is 1.94 bits per heavy atom. The van der Waals surface area contributed by atoms with Gasteiger partial charge < -0.3 is 0 Å². The van der Waals surface area contributed by atoms with E-state index in [-0.39, 0.29) is 0 Å². The van der Waals surface area contributed by atoms with Gasteiger partial charge in [0.2, 0.25) is 0 Å². The third-order valence-corrected chi connectivity index (χ3v) is 5.87. The van der Waals surface area contributed by atoms with Gasteiger partial charge >= 0.3 is 0 Å². The van der Waals surface area contributed by atoms with E-state index in [1.54, 1.807) is 0 Å². The Balaban J connectivity index is 1.73. The van der Waals surface area contributed by atoms with Crippen molar-refractivity contribution in [3.05, 3.63) is 12.2 Å². The number of carbonyl (C=O) groups is 1. The van der Waals surface area contributed by atoms with Gasteiger partial charge in [0.15, 0.2) is 0 Å². The van der Waals surface area contributed by atoms with Crippen LogP contribution in [0.2, 0.25) is 0 Å². The molecule has 0 radical (unpaired) electrons. The zero-order valence-corrected chi connectivity index (χ0v) is 9.77. The molecule has 0 unspecified atom stereocenters. The van der Waals surface area contributed by atoms with E-state index in [4.69, 9.17) is 0 Å². The minimum atomic E-state index is 0.475. The number of fused-ring (bicyclic) bond motifs is 7. The standard InChI is InChI=1S/C15H20O/c16-13-8-9-3-1-2-4-12(9)14-10-5-6-11(7-10)15(13)14/h2,4,9-12,14-15H,1,3,5-8H2/t9-,10+,11-,12-,14-,15+/m0/s1. The summed E-state index contributed by atoms with van der Waals surface area (Å²) < 4.78 is 0. The third kappa shape index (κ3) is 1.10. The average Bonchev–Trinajstić information content (AvgIpc) is 2.90. The zero-order chi connectivity index (χ0) is 10.7. The van der Waals surface area contributed by atoms with E-state index >= 15 is 0 Å². The van der Waals surface area contributed by atoms with Crippen LogP contribution in [0.15, 0.2) is 12.2 Å². The fraction of sp³-hybridized carbons (Fsp3) is 0.800. The largest absolute Gasteiger partial charge is 0.299 e. The van der Waals surface area contributed by atoms with Crippen LogP contribution in [0.25, 0.3) is 0 Å². The molecule has 0 saturated heterocycles. The quantitative estimate of drug-likeness (QED) is 0.568. The van der Waals surface area contributed by atoms with Crippen molar-refractivity contribution in [3.8, 4) is 0 Å². The topological polar surface area (TPSA) is 17.1 Å². The van der Waals surface area contributed by atoms with Gasteiger partial charge in [0.05, 0.1) is 0 Å². The number of rotatable bonds is 0. The first kappa shape index (κ1) is 9.44. The fourth-order valence-corrected chi connectivity index (χ4v) is 5.36. The molecule has 16 heavy (non-hydrogen) atoms. The highest BCUT2D eigenvalue weighted by atomic mass is 16.1. The summed E-state index contributed by atoms with van der Waals surface area (Å²) in [6.07, 6.45) is 12.4. The summed E-state index contributed by atoms with van der Waals surface area (Å²) in [5.41, 5.74) is 0. The Kier molecular flexibility index (Phi) is 1.89. The van der Waals surface area contributed by atoms with Gasteiger partial charge in [0.1, 0.15) is 5.78 Å². The molecule has 4 aliphatic rings. The average molecular weight is 216 g/mol. The van der Waals surface area contributed by atoms with E-state index in [1.165, 1.54) is 32.1 Å². The smallest absolute Gasteiger partial charge is 0.136 e. The molecule has 4 aliphatic carbocycles. The lowest BCUT2D eigenvalue weighted by Gasteiger charge is -2.44. The summed E-state index contributed by atoms with van der Waals surface area (Å²) in [6.45, 7) is 0. The van der Waals surface area contributed by atoms with Crippen LogP contribution in [0, 0.1) is 35.5 Å². The molecule has 0 aromatic heterocycles. The lowest BCUT2D eigenvalue weighted by atomic mass is 9.59. The maximum atomic E-state index is 12.3. The number of allylic oxidation sites excluding steroid dienone is 2. The minimum absolute atomic E-state index is 0.475. The molecule has 1 nitrogen and oxygen atoms in total. The molecule has 3 saturated carbocycles. The van der Waals surface area contributed by atoms with Gasteiger partial charge in [0.25, 0.3) is 0 Å². The molecule has 6 atom stereocenters. The Morgan fingerprint density at radius 1 is 1.06 bits per heavy atom. The summed E-state index contributed by atoms with van der Waals surface area (Å²) in [4.78, 5) is 12.3. The molecule has 0 aliphatic heterocycles. The van der Waals surface area contributed by atoms with Crippen molar-refractivity contribution in [2.24, 2.45) is 35.5 Å². The number of hydrogen-bond acceptors (Lipinski definition) is 1. The fourth-order valence-electron chi connectivity index (χ4n) is 5.36. The molecule has 0 amide bonds. The maximum absolute atomic E-state index is 12.3. The lowest BCUT2D eigenvalue weighted by molar-refractivity contribution is -0.132. The summed E-state index contributed by atoms with van der Waals surface area (Å²) >= 11 is 0. The first-order valence-corrected chi connectivity index (χ1v) is 7.04. The first-order chi connectivity index (χ1) is 7.84. The summed E-state index contributed by atoms with van der Waals surface area (Å²) in [7, 11) is 0. The number of carbonyl (C=O) groups excluding carboxylic acids is 1. The Morgan fingerprint density at radius 3 is 2.88 bits per heavy atom. The van der Waals surface area contributed by atoms with Crippen molar-refractivity contribution in [1.29, 1.82) is 0 Å². The molecule has 0 heterocycles. The van der Waals surface area contributed by atoms with E-state index in [0.717, 1.165) is 30.1 Å². The molecule has 0 spiro atoms. The van der Waals surface area contributed by atoms with Crippen LogP contribution in [-0.2, 0) is 4.79 Å². The summed E-state index contributed by atoms with van der Waals surface area (Å²) in [5.74, 6) is 5.01. The molecule has 2 bridgehead atoms. The molecule has 0 aromatic rings. The zero-order valence-electron chi connectivity index (χ0n) is 9.77. The minimum Gasteiger partial charge on any atom is -0.299 e. The second-order valence-corrected chi connectivity index (χ2v) is 6.45. The number of Topliss-reactive ketones (excluding diaryl/α,β-unsaturated/α-hetero) is 1. The van der Waals surface area contributed by atoms with Gasteiger partial charge in [0, 0.05) is 12.3 Å². The Bertz CT molecular complexity index is 356. The van der Waals surface area contributed by atoms with Crippen LogP contribution in [0.3, 0.4) is 0 Å². The van der Waals surface area contributed by atoms with Crippen LogP contribution in [0.5, 0.6) is 0 Å². The normalized spacial score (nSPS) is 53.9. The van der Waals surface area contributed by atoms with Gasteiger partial charge in [-0.1, -0.05) is 12.2 Å². The van der Waals surface area contributed by atoms with Gasteiger partial charge in [-0.15, -0.1) is 0 Å². The van der Waals surface area contributed by atoms with Gasteiger partial charge in [-0.2, -0.15) is 0 Å². The van der Waals surface area contributed by atoms with Crippen LogP contribution < -0.4 is 0 Å². The second-order valence-electron chi connectivity index (χ2n) is 6.45. The molecule has 3 fully saturated rings. The third-order valence-electron chi connectivity index (χ3n) is 5.87. The van der Waals surface area contributed by atoms with Crippen LogP contribution in [0.4, 0.5) is 0 Å². The van der Waals surface area contributed by atoms with E-state index in [9.17, 15) is 4.79 Å².